The summed E-state index contributed by atoms with van der Waals surface area (Å²) >= 11 is 1.19. The Hall–Kier alpha value is -3.25. The molecule has 1 aromatic heterocycles. The second kappa shape index (κ2) is 11.1. The Morgan fingerprint density at radius 2 is 2.18 bits per heavy atom. The highest BCUT2D eigenvalue weighted by atomic mass is 32.2. The van der Waals surface area contributed by atoms with E-state index in [2.05, 4.69) is 15.4 Å². The molecule has 2 heterocycles. The molecule has 1 atom stereocenters. The number of rotatable bonds is 8. The molecule has 0 radical (unpaired) electrons. The number of ether oxygens (including phenoxy) is 2. The van der Waals surface area contributed by atoms with Gasteiger partial charge in [0.1, 0.15) is 18.1 Å². The van der Waals surface area contributed by atoms with Crippen LogP contribution in [0.2, 0.25) is 0 Å². The third-order valence-electron chi connectivity index (χ3n) is 4.83. The molecule has 0 saturated carbocycles. The number of nitrogens with zero attached hydrogens (tertiary/aromatic N) is 3. The molecule has 1 saturated heterocycles. The highest BCUT2D eigenvalue weighted by Gasteiger charge is 2.25. The van der Waals surface area contributed by atoms with Crippen molar-refractivity contribution < 1.29 is 27.8 Å². The first-order valence-corrected chi connectivity index (χ1v) is 10.8. The quantitative estimate of drug-likeness (QED) is 0.196. The molecule has 1 unspecified atom stereocenters. The van der Waals surface area contributed by atoms with E-state index in [1.54, 1.807) is 25.1 Å². The standard InChI is InChI=1S/C21H23F2N5O4S/c1-12(33-11-26-24)27-21(30)14-4-3-13(28-5-6-32-10-19(28)29)7-15(14)16-8-17(20(22)23)25-9-18(16)31-2/h3-4,7-9,11-12,20H,5-6,10,24H2,1-2H3,(H,27,30)/b26-11-. The summed E-state index contributed by atoms with van der Waals surface area (Å²) in [5.74, 6) is 4.61. The van der Waals surface area contributed by atoms with Gasteiger partial charge >= 0.3 is 0 Å². The molecular formula is C21H23F2N5O4S. The van der Waals surface area contributed by atoms with Crippen molar-refractivity contribution in [2.45, 2.75) is 18.7 Å². The van der Waals surface area contributed by atoms with Crippen LogP contribution in [-0.4, -0.2) is 54.6 Å². The van der Waals surface area contributed by atoms with E-state index in [9.17, 15) is 18.4 Å². The van der Waals surface area contributed by atoms with Crippen molar-refractivity contribution in [3.63, 3.8) is 0 Å². The van der Waals surface area contributed by atoms with Crippen LogP contribution in [0.4, 0.5) is 14.5 Å². The van der Waals surface area contributed by atoms with E-state index in [0.29, 0.717) is 24.4 Å². The molecule has 33 heavy (non-hydrogen) atoms. The molecule has 3 rings (SSSR count). The van der Waals surface area contributed by atoms with Crippen LogP contribution in [0.3, 0.4) is 0 Å². The van der Waals surface area contributed by atoms with Crippen LogP contribution in [0.1, 0.15) is 29.4 Å². The summed E-state index contributed by atoms with van der Waals surface area (Å²) in [5.41, 5.74) is 2.20. The fourth-order valence-electron chi connectivity index (χ4n) is 3.29. The second-order valence-electron chi connectivity index (χ2n) is 6.94. The Morgan fingerprint density at radius 1 is 1.39 bits per heavy atom. The largest absolute Gasteiger partial charge is 0.494 e. The van der Waals surface area contributed by atoms with Crippen LogP contribution in [0.15, 0.2) is 35.6 Å². The van der Waals surface area contributed by atoms with E-state index >= 15 is 0 Å². The van der Waals surface area contributed by atoms with Gasteiger partial charge in [-0.15, -0.1) is 0 Å². The zero-order valence-electron chi connectivity index (χ0n) is 18.0. The molecule has 1 aliphatic rings. The number of hydrogen-bond acceptors (Lipinski definition) is 8. The van der Waals surface area contributed by atoms with Crippen molar-refractivity contribution in [1.29, 1.82) is 0 Å². The van der Waals surface area contributed by atoms with E-state index in [4.69, 9.17) is 15.3 Å². The maximum Gasteiger partial charge on any atom is 0.280 e. The molecule has 1 aromatic carbocycles. The summed E-state index contributed by atoms with van der Waals surface area (Å²) in [7, 11) is 1.38. The summed E-state index contributed by atoms with van der Waals surface area (Å²) in [6.07, 6.45) is -1.63. The predicted molar refractivity (Wildman–Crippen MR) is 122 cm³/mol. The highest BCUT2D eigenvalue weighted by Crippen LogP contribution is 2.37. The Balaban J connectivity index is 2.11. The Morgan fingerprint density at radius 3 is 2.85 bits per heavy atom. The first-order valence-electron chi connectivity index (χ1n) is 9.88. The van der Waals surface area contributed by atoms with Gasteiger partial charge in [-0.2, -0.15) is 5.10 Å². The van der Waals surface area contributed by atoms with Gasteiger partial charge in [0.25, 0.3) is 18.2 Å². The number of amides is 2. The number of alkyl halides is 2. The van der Waals surface area contributed by atoms with Gasteiger partial charge < -0.3 is 25.5 Å². The normalized spacial score (nSPS) is 15.2. The molecule has 9 nitrogen and oxygen atoms in total. The summed E-state index contributed by atoms with van der Waals surface area (Å²) in [5, 5.41) is 5.81. The van der Waals surface area contributed by atoms with Crippen LogP contribution in [-0.2, 0) is 9.53 Å². The third kappa shape index (κ3) is 5.76. The monoisotopic (exact) mass is 479 g/mol. The van der Waals surface area contributed by atoms with Crippen LogP contribution in [0.5, 0.6) is 5.75 Å². The van der Waals surface area contributed by atoms with Crippen LogP contribution >= 0.6 is 11.8 Å². The van der Waals surface area contributed by atoms with E-state index in [0.717, 1.165) is 0 Å². The Labute approximate surface area is 193 Å². The number of hydrazone groups is 1. The lowest BCUT2D eigenvalue weighted by atomic mass is 9.97. The van der Waals surface area contributed by atoms with Gasteiger partial charge in [-0.1, -0.05) is 11.8 Å². The number of nitrogens with two attached hydrogens (primary N) is 1. The molecule has 2 amide bonds. The SMILES string of the molecule is COc1cnc(C(F)F)cc1-c1cc(N2CCOCC2=O)ccc1C(=O)NC(C)S/C=N\N. The third-order valence-corrected chi connectivity index (χ3v) is 5.60. The fraction of sp³-hybridized carbons (Fsp3) is 0.333. The van der Waals surface area contributed by atoms with E-state index in [1.165, 1.54) is 41.6 Å². The van der Waals surface area contributed by atoms with Crippen molar-refractivity contribution in [3.05, 3.63) is 41.7 Å². The highest BCUT2D eigenvalue weighted by molar-refractivity contribution is 8.12. The molecule has 176 valence electrons. The predicted octanol–water partition coefficient (Wildman–Crippen LogP) is 2.77. The molecule has 12 heteroatoms. The van der Waals surface area contributed by atoms with Gasteiger partial charge in [-0.3, -0.25) is 14.6 Å². The van der Waals surface area contributed by atoms with Gasteiger partial charge in [0.05, 0.1) is 30.8 Å². The number of thioether (sulfide) groups is 1. The van der Waals surface area contributed by atoms with Crippen molar-refractivity contribution in [2.24, 2.45) is 10.9 Å². The number of pyridine rings is 1. The maximum absolute atomic E-state index is 13.4. The number of carbonyl (C=O) groups excluding carboxylic acids is 2. The molecule has 1 aliphatic heterocycles. The van der Waals surface area contributed by atoms with Crippen LogP contribution < -0.4 is 20.8 Å². The topological polar surface area (TPSA) is 119 Å². The van der Waals surface area contributed by atoms with Crippen LogP contribution in [0, 0.1) is 0 Å². The molecule has 3 N–H and O–H groups in total. The van der Waals surface area contributed by atoms with E-state index in [1.807, 2.05) is 0 Å². The lowest BCUT2D eigenvalue weighted by Crippen LogP contribution is -2.41. The molecule has 0 spiro atoms. The van der Waals surface area contributed by atoms with E-state index in [-0.39, 0.29) is 34.8 Å². The Kier molecular flexibility index (Phi) is 8.17. The van der Waals surface area contributed by atoms with Gasteiger partial charge in [-0.25, -0.2) is 8.78 Å². The molecule has 0 aliphatic carbocycles. The van der Waals surface area contributed by atoms with E-state index < -0.39 is 18.0 Å². The second-order valence-corrected chi connectivity index (χ2v) is 8.13. The number of nitrogens with one attached hydrogen (secondary N) is 1. The molecule has 0 bridgehead atoms. The lowest BCUT2D eigenvalue weighted by molar-refractivity contribution is -0.125. The fourth-order valence-corrected chi connectivity index (χ4v) is 3.71. The minimum Gasteiger partial charge on any atom is -0.494 e. The van der Waals surface area contributed by atoms with Crippen molar-refractivity contribution in [3.8, 4) is 16.9 Å². The first kappa shape index (κ1) is 24.4. The van der Waals surface area contributed by atoms with Crippen molar-refractivity contribution in [1.82, 2.24) is 10.3 Å². The lowest BCUT2D eigenvalue weighted by Gasteiger charge is -2.28. The van der Waals surface area contributed by atoms with Crippen molar-refractivity contribution >= 4 is 34.8 Å². The number of halogens is 2. The number of carbonyl (C=O) groups is 2. The van der Waals surface area contributed by atoms with Crippen LogP contribution in [0.25, 0.3) is 11.1 Å². The van der Waals surface area contributed by atoms with Crippen molar-refractivity contribution in [2.75, 3.05) is 31.8 Å². The summed E-state index contributed by atoms with van der Waals surface area (Å²) < 4.78 is 37.3. The molecular weight excluding hydrogens is 456 g/mol. The average molecular weight is 480 g/mol. The first-order chi connectivity index (χ1) is 15.8. The smallest absolute Gasteiger partial charge is 0.280 e. The number of morpholine rings is 1. The number of anilines is 1. The zero-order chi connectivity index (χ0) is 24.0. The number of benzene rings is 1. The van der Waals surface area contributed by atoms with Gasteiger partial charge in [0, 0.05) is 28.9 Å². The minimum absolute atomic E-state index is 0.0664. The molecule has 2 aromatic rings. The molecule has 1 fully saturated rings. The summed E-state index contributed by atoms with van der Waals surface area (Å²) in [4.78, 5) is 30.7. The minimum atomic E-state index is -2.82. The number of aromatic nitrogens is 1. The zero-order valence-corrected chi connectivity index (χ0v) is 18.8. The average Bonchev–Trinajstić information content (AvgIpc) is 2.82. The Bertz CT molecular complexity index is 1050. The summed E-state index contributed by atoms with van der Waals surface area (Å²) in [6, 6.07) is 5.95. The maximum atomic E-state index is 13.4. The van der Waals surface area contributed by atoms with Gasteiger partial charge in [-0.05, 0) is 31.2 Å². The number of hydrogen-bond donors (Lipinski definition) is 2. The van der Waals surface area contributed by atoms with Gasteiger partial charge in [0.15, 0.2) is 0 Å². The summed E-state index contributed by atoms with van der Waals surface area (Å²) in [6.45, 7) is 2.36. The van der Waals surface area contributed by atoms with Gasteiger partial charge in [0.2, 0.25) is 0 Å². The number of methoxy groups -OCH3 is 1.